The summed E-state index contributed by atoms with van der Waals surface area (Å²) in [6.45, 7) is 1.78. The van der Waals surface area contributed by atoms with Crippen LogP contribution in [-0.2, 0) is 14.3 Å². The number of carboxylic acids is 1. The Bertz CT molecular complexity index is 361. The highest BCUT2D eigenvalue weighted by Gasteiger charge is 2.38. The molecule has 114 valence electrons. The van der Waals surface area contributed by atoms with Crippen LogP contribution in [0.2, 0.25) is 0 Å². The molecule has 2 aliphatic rings. The van der Waals surface area contributed by atoms with Gasteiger partial charge in [0, 0.05) is 25.0 Å². The fraction of sp³-hybridized carbons (Fsp3) is 0.857. The molecule has 2 fully saturated rings. The number of likely N-dealkylation sites (N-methyl/N-ethyl adjacent to an activating group) is 1. The maximum Gasteiger partial charge on any atom is 0.303 e. The fourth-order valence-electron chi connectivity index (χ4n) is 3.18. The Balaban J connectivity index is 1.99. The molecule has 0 radical (unpaired) electrons. The van der Waals surface area contributed by atoms with Gasteiger partial charge < -0.3 is 20.1 Å². The van der Waals surface area contributed by atoms with Gasteiger partial charge in [0.2, 0.25) is 5.91 Å². The molecule has 0 aliphatic carbocycles. The Morgan fingerprint density at radius 2 is 2.15 bits per heavy atom. The number of carboxylic acid groups (broad SMARTS) is 1. The van der Waals surface area contributed by atoms with Gasteiger partial charge in [0.05, 0.1) is 19.1 Å². The highest BCUT2D eigenvalue weighted by Crippen LogP contribution is 2.25. The lowest BCUT2D eigenvalue weighted by Gasteiger charge is -2.37. The second-order valence-electron chi connectivity index (χ2n) is 5.65. The highest BCUT2D eigenvalue weighted by molar-refractivity contribution is 5.80. The molecule has 0 bridgehead atoms. The zero-order chi connectivity index (χ0) is 14.5. The van der Waals surface area contributed by atoms with Crippen LogP contribution in [0.4, 0.5) is 0 Å². The van der Waals surface area contributed by atoms with E-state index in [9.17, 15) is 9.59 Å². The van der Waals surface area contributed by atoms with Crippen molar-refractivity contribution in [3.8, 4) is 0 Å². The van der Waals surface area contributed by atoms with E-state index in [1.165, 1.54) is 0 Å². The lowest BCUT2D eigenvalue weighted by molar-refractivity contribution is -0.142. The predicted molar refractivity (Wildman–Crippen MR) is 73.4 cm³/mol. The average Bonchev–Trinajstić information content (AvgIpc) is 2.93. The summed E-state index contributed by atoms with van der Waals surface area (Å²) in [6.07, 6.45) is 3.68. The van der Waals surface area contributed by atoms with E-state index in [0.717, 1.165) is 25.8 Å². The fourth-order valence-corrected chi connectivity index (χ4v) is 3.18. The quantitative estimate of drug-likeness (QED) is 0.767. The number of amides is 1. The number of nitrogens with zero attached hydrogens (tertiary/aromatic N) is 1. The number of carbonyl (C=O) groups excluding carboxylic acids is 1. The van der Waals surface area contributed by atoms with E-state index in [-0.39, 0.29) is 30.3 Å². The number of piperidine rings is 1. The molecule has 2 rings (SSSR count). The third-order valence-corrected chi connectivity index (χ3v) is 4.37. The van der Waals surface area contributed by atoms with Crippen molar-refractivity contribution in [2.45, 2.75) is 44.2 Å². The van der Waals surface area contributed by atoms with Gasteiger partial charge in [-0.25, -0.2) is 0 Å². The smallest absolute Gasteiger partial charge is 0.303 e. The Labute approximate surface area is 119 Å². The molecule has 6 nitrogen and oxygen atoms in total. The van der Waals surface area contributed by atoms with Crippen LogP contribution in [0.5, 0.6) is 0 Å². The molecule has 2 heterocycles. The van der Waals surface area contributed by atoms with Gasteiger partial charge in [-0.2, -0.15) is 0 Å². The summed E-state index contributed by atoms with van der Waals surface area (Å²) in [6, 6.07) is 0.148. The standard InChI is InChI=1S/C14H24N2O4/c1-15-12-9-20-8-11(12)14(19)16-7-3-2-4-10(16)5-6-13(17)18/h10-12,15H,2-9H2,1H3,(H,17,18). The molecule has 6 heteroatoms. The largest absolute Gasteiger partial charge is 0.481 e. The van der Waals surface area contributed by atoms with Crippen molar-refractivity contribution in [2.75, 3.05) is 26.8 Å². The molecule has 0 saturated carbocycles. The molecule has 1 amide bonds. The third-order valence-electron chi connectivity index (χ3n) is 4.37. The predicted octanol–water partition coefficient (Wildman–Crippen LogP) is 0.467. The first-order valence-electron chi connectivity index (χ1n) is 7.40. The van der Waals surface area contributed by atoms with Crippen molar-refractivity contribution in [3.05, 3.63) is 0 Å². The van der Waals surface area contributed by atoms with Crippen LogP contribution in [0.1, 0.15) is 32.1 Å². The second-order valence-corrected chi connectivity index (χ2v) is 5.65. The molecule has 0 aromatic heterocycles. The Hall–Kier alpha value is -1.14. The Morgan fingerprint density at radius 3 is 2.85 bits per heavy atom. The molecule has 0 aromatic carbocycles. The number of likely N-dealkylation sites (tertiary alicyclic amines) is 1. The first-order valence-corrected chi connectivity index (χ1v) is 7.40. The molecular formula is C14H24N2O4. The average molecular weight is 284 g/mol. The Kier molecular flexibility index (Phi) is 5.37. The van der Waals surface area contributed by atoms with Crippen LogP contribution in [0.15, 0.2) is 0 Å². The van der Waals surface area contributed by atoms with Crippen molar-refractivity contribution < 1.29 is 19.4 Å². The first-order chi connectivity index (χ1) is 9.63. The van der Waals surface area contributed by atoms with Gasteiger partial charge in [0.15, 0.2) is 0 Å². The minimum atomic E-state index is -0.791. The number of hydrogen-bond donors (Lipinski definition) is 2. The van der Waals surface area contributed by atoms with E-state index in [4.69, 9.17) is 9.84 Å². The van der Waals surface area contributed by atoms with Crippen LogP contribution >= 0.6 is 0 Å². The van der Waals surface area contributed by atoms with Crippen molar-refractivity contribution >= 4 is 11.9 Å². The number of ether oxygens (including phenoxy) is 1. The van der Waals surface area contributed by atoms with E-state index in [0.29, 0.717) is 19.6 Å². The zero-order valence-corrected chi connectivity index (χ0v) is 12.0. The molecule has 0 aromatic rings. The topological polar surface area (TPSA) is 78.9 Å². The number of carbonyl (C=O) groups is 2. The zero-order valence-electron chi connectivity index (χ0n) is 12.0. The van der Waals surface area contributed by atoms with Gasteiger partial charge in [-0.1, -0.05) is 0 Å². The summed E-state index contributed by atoms with van der Waals surface area (Å²) >= 11 is 0. The second kappa shape index (κ2) is 7.04. The van der Waals surface area contributed by atoms with Crippen LogP contribution < -0.4 is 5.32 Å². The summed E-state index contributed by atoms with van der Waals surface area (Å²) in [5.41, 5.74) is 0. The summed E-state index contributed by atoms with van der Waals surface area (Å²) in [4.78, 5) is 25.3. The number of nitrogens with one attached hydrogen (secondary N) is 1. The molecule has 2 saturated heterocycles. The van der Waals surface area contributed by atoms with Crippen molar-refractivity contribution in [3.63, 3.8) is 0 Å². The maximum atomic E-state index is 12.7. The number of hydrogen-bond acceptors (Lipinski definition) is 4. The van der Waals surface area contributed by atoms with E-state index >= 15 is 0 Å². The molecule has 3 unspecified atom stereocenters. The van der Waals surface area contributed by atoms with E-state index in [1.54, 1.807) is 0 Å². The lowest BCUT2D eigenvalue weighted by atomic mass is 9.94. The SMILES string of the molecule is CNC1COCC1C(=O)N1CCCCC1CCC(=O)O. The van der Waals surface area contributed by atoms with Crippen LogP contribution in [0.3, 0.4) is 0 Å². The minimum Gasteiger partial charge on any atom is -0.481 e. The monoisotopic (exact) mass is 284 g/mol. The molecule has 0 spiro atoms. The van der Waals surface area contributed by atoms with Gasteiger partial charge in [-0.3, -0.25) is 9.59 Å². The molecule has 20 heavy (non-hydrogen) atoms. The normalized spacial score (nSPS) is 30.4. The van der Waals surface area contributed by atoms with Gasteiger partial charge in [0.25, 0.3) is 0 Å². The third kappa shape index (κ3) is 3.49. The highest BCUT2D eigenvalue weighted by atomic mass is 16.5. The number of rotatable bonds is 5. The summed E-state index contributed by atoms with van der Waals surface area (Å²) < 4.78 is 5.40. The lowest BCUT2D eigenvalue weighted by Crippen LogP contribution is -2.50. The summed E-state index contributed by atoms with van der Waals surface area (Å²) in [5, 5.41) is 12.0. The first kappa shape index (κ1) is 15.3. The maximum absolute atomic E-state index is 12.7. The van der Waals surface area contributed by atoms with Crippen molar-refractivity contribution in [1.29, 1.82) is 0 Å². The van der Waals surface area contributed by atoms with Crippen LogP contribution in [0, 0.1) is 5.92 Å². The Morgan fingerprint density at radius 1 is 1.35 bits per heavy atom. The van der Waals surface area contributed by atoms with E-state index < -0.39 is 5.97 Å². The van der Waals surface area contributed by atoms with Crippen molar-refractivity contribution in [1.82, 2.24) is 10.2 Å². The van der Waals surface area contributed by atoms with Crippen molar-refractivity contribution in [2.24, 2.45) is 5.92 Å². The van der Waals surface area contributed by atoms with Gasteiger partial charge in [-0.05, 0) is 32.7 Å². The molecule has 3 atom stereocenters. The minimum absolute atomic E-state index is 0.0737. The molecule has 2 N–H and O–H groups in total. The van der Waals surface area contributed by atoms with Crippen LogP contribution in [-0.4, -0.2) is 60.8 Å². The summed E-state index contributed by atoms with van der Waals surface area (Å²) in [7, 11) is 1.84. The van der Waals surface area contributed by atoms with E-state index in [1.807, 2.05) is 11.9 Å². The summed E-state index contributed by atoms with van der Waals surface area (Å²) in [5.74, 6) is -0.803. The van der Waals surface area contributed by atoms with Gasteiger partial charge in [0.1, 0.15) is 0 Å². The molecule has 2 aliphatic heterocycles. The number of aliphatic carboxylic acids is 1. The van der Waals surface area contributed by atoms with Gasteiger partial charge in [-0.15, -0.1) is 0 Å². The van der Waals surface area contributed by atoms with Crippen LogP contribution in [0.25, 0.3) is 0 Å². The molecular weight excluding hydrogens is 260 g/mol. The van der Waals surface area contributed by atoms with Gasteiger partial charge >= 0.3 is 5.97 Å². The van der Waals surface area contributed by atoms with E-state index in [2.05, 4.69) is 5.32 Å².